The molecule has 2 aromatic rings. The molecule has 0 spiro atoms. The quantitative estimate of drug-likeness (QED) is 0.310. The number of rotatable bonds is 8. The fourth-order valence-corrected chi connectivity index (χ4v) is 5.75. The van der Waals surface area contributed by atoms with Crippen LogP contribution in [-0.4, -0.2) is 52.7 Å². The number of carbonyl (C=O) groups is 2. The SMILES string of the molecule is COC(=O)/C=C/c1cccc(N(CC2CCCN(c3ccc(N(C)C)cc3)CC2)C(=O)C2CCCCC2)c1. The summed E-state index contributed by atoms with van der Waals surface area (Å²) in [6, 6.07) is 16.8. The average molecular weight is 518 g/mol. The Morgan fingerprint density at radius 3 is 2.39 bits per heavy atom. The van der Waals surface area contributed by atoms with Crippen molar-refractivity contribution in [1.82, 2.24) is 0 Å². The Morgan fingerprint density at radius 2 is 1.68 bits per heavy atom. The predicted molar refractivity (Wildman–Crippen MR) is 157 cm³/mol. The Morgan fingerprint density at radius 1 is 0.921 bits per heavy atom. The van der Waals surface area contributed by atoms with Gasteiger partial charge in [-0.25, -0.2) is 4.79 Å². The van der Waals surface area contributed by atoms with Crippen LogP contribution in [0.25, 0.3) is 6.08 Å². The summed E-state index contributed by atoms with van der Waals surface area (Å²) in [7, 11) is 5.51. The van der Waals surface area contributed by atoms with E-state index in [9.17, 15) is 9.59 Å². The number of hydrogen-bond donors (Lipinski definition) is 0. The first-order valence-electron chi connectivity index (χ1n) is 14.1. The molecule has 2 aliphatic rings. The second-order valence-electron chi connectivity index (χ2n) is 10.9. The number of hydrogen-bond acceptors (Lipinski definition) is 5. The van der Waals surface area contributed by atoms with Gasteiger partial charge >= 0.3 is 5.97 Å². The number of nitrogens with zero attached hydrogens (tertiary/aromatic N) is 3. The van der Waals surface area contributed by atoms with E-state index in [1.807, 2.05) is 24.3 Å². The van der Waals surface area contributed by atoms with E-state index < -0.39 is 0 Å². The lowest BCUT2D eigenvalue weighted by molar-refractivity contribution is -0.134. The molecule has 6 nitrogen and oxygen atoms in total. The van der Waals surface area contributed by atoms with Gasteiger partial charge in [0.2, 0.25) is 5.91 Å². The predicted octanol–water partition coefficient (Wildman–Crippen LogP) is 6.16. The van der Waals surface area contributed by atoms with Gasteiger partial charge in [0.25, 0.3) is 0 Å². The van der Waals surface area contributed by atoms with Gasteiger partial charge in [-0.05, 0) is 86.1 Å². The first kappa shape index (κ1) is 27.7. The van der Waals surface area contributed by atoms with E-state index in [1.54, 1.807) is 6.08 Å². The second-order valence-corrected chi connectivity index (χ2v) is 10.9. The molecule has 4 rings (SSSR count). The van der Waals surface area contributed by atoms with Crippen LogP contribution < -0.4 is 14.7 Å². The highest BCUT2D eigenvalue weighted by atomic mass is 16.5. The fourth-order valence-electron chi connectivity index (χ4n) is 5.75. The van der Waals surface area contributed by atoms with Crippen molar-refractivity contribution in [2.75, 3.05) is 55.5 Å². The third-order valence-electron chi connectivity index (χ3n) is 8.04. The summed E-state index contributed by atoms with van der Waals surface area (Å²) >= 11 is 0. The van der Waals surface area contributed by atoms with Crippen molar-refractivity contribution < 1.29 is 14.3 Å². The van der Waals surface area contributed by atoms with Crippen LogP contribution in [0.4, 0.5) is 17.1 Å². The van der Waals surface area contributed by atoms with Crippen molar-refractivity contribution in [1.29, 1.82) is 0 Å². The lowest BCUT2D eigenvalue weighted by Gasteiger charge is -2.32. The lowest BCUT2D eigenvalue weighted by Crippen LogP contribution is -2.40. The van der Waals surface area contributed by atoms with Gasteiger partial charge in [0.1, 0.15) is 0 Å². The van der Waals surface area contributed by atoms with E-state index >= 15 is 0 Å². The molecule has 2 fully saturated rings. The zero-order valence-corrected chi connectivity index (χ0v) is 23.3. The molecule has 1 saturated heterocycles. The van der Waals surface area contributed by atoms with Crippen molar-refractivity contribution >= 4 is 35.0 Å². The van der Waals surface area contributed by atoms with E-state index in [1.165, 1.54) is 31.0 Å². The van der Waals surface area contributed by atoms with E-state index in [2.05, 4.69) is 53.1 Å². The van der Waals surface area contributed by atoms with Gasteiger partial charge in [-0.3, -0.25) is 4.79 Å². The zero-order chi connectivity index (χ0) is 26.9. The van der Waals surface area contributed by atoms with Gasteiger partial charge in [0, 0.05) is 62.8 Å². The Hall–Kier alpha value is -3.28. The summed E-state index contributed by atoms with van der Waals surface area (Å²) in [5.74, 6) is 0.433. The van der Waals surface area contributed by atoms with Crippen LogP contribution in [-0.2, 0) is 14.3 Å². The number of esters is 1. The number of carbonyl (C=O) groups excluding carboxylic acids is 2. The van der Waals surface area contributed by atoms with E-state index in [0.717, 1.165) is 75.8 Å². The molecule has 1 aliphatic heterocycles. The number of amides is 1. The molecule has 1 unspecified atom stereocenters. The molecule has 1 amide bonds. The largest absolute Gasteiger partial charge is 0.466 e. The Bertz CT molecular complexity index is 1090. The maximum absolute atomic E-state index is 13.9. The topological polar surface area (TPSA) is 53.1 Å². The van der Waals surface area contributed by atoms with Gasteiger partial charge in [-0.2, -0.15) is 0 Å². The fraction of sp³-hybridized carbons (Fsp3) is 0.500. The minimum atomic E-state index is -0.384. The van der Waals surface area contributed by atoms with Gasteiger partial charge in [0.15, 0.2) is 0 Å². The summed E-state index contributed by atoms with van der Waals surface area (Å²) in [5, 5.41) is 0. The van der Waals surface area contributed by atoms with Crippen LogP contribution >= 0.6 is 0 Å². The highest BCUT2D eigenvalue weighted by molar-refractivity contribution is 5.95. The van der Waals surface area contributed by atoms with Crippen LogP contribution in [0.2, 0.25) is 0 Å². The first-order chi connectivity index (χ1) is 18.4. The minimum absolute atomic E-state index is 0.107. The molecule has 1 atom stereocenters. The van der Waals surface area contributed by atoms with Gasteiger partial charge < -0.3 is 19.4 Å². The molecule has 204 valence electrons. The summed E-state index contributed by atoms with van der Waals surface area (Å²) in [6.45, 7) is 2.79. The number of ether oxygens (including phenoxy) is 1. The second kappa shape index (κ2) is 13.5. The molecular weight excluding hydrogens is 474 g/mol. The Kier molecular flexibility index (Phi) is 9.85. The van der Waals surface area contributed by atoms with E-state index in [0.29, 0.717) is 5.92 Å². The van der Waals surface area contributed by atoms with Crippen molar-refractivity contribution in [3.8, 4) is 0 Å². The molecule has 0 aromatic heterocycles. The molecule has 0 radical (unpaired) electrons. The minimum Gasteiger partial charge on any atom is -0.466 e. The molecule has 0 N–H and O–H groups in total. The third-order valence-corrected chi connectivity index (χ3v) is 8.04. The van der Waals surface area contributed by atoms with Crippen molar-refractivity contribution in [2.24, 2.45) is 11.8 Å². The summed E-state index contributed by atoms with van der Waals surface area (Å²) in [5.41, 5.74) is 4.30. The molecule has 1 aliphatic carbocycles. The monoisotopic (exact) mass is 517 g/mol. The summed E-state index contributed by atoms with van der Waals surface area (Å²) < 4.78 is 4.74. The van der Waals surface area contributed by atoms with Crippen LogP contribution in [0, 0.1) is 11.8 Å². The van der Waals surface area contributed by atoms with Crippen LogP contribution in [0.3, 0.4) is 0 Å². The summed E-state index contributed by atoms with van der Waals surface area (Å²) in [4.78, 5) is 32.2. The highest BCUT2D eigenvalue weighted by Gasteiger charge is 2.29. The molecule has 6 heteroatoms. The molecule has 2 aromatic carbocycles. The van der Waals surface area contributed by atoms with Gasteiger partial charge in [-0.1, -0.05) is 31.4 Å². The smallest absolute Gasteiger partial charge is 0.330 e. The molecule has 38 heavy (non-hydrogen) atoms. The first-order valence-corrected chi connectivity index (χ1v) is 14.1. The van der Waals surface area contributed by atoms with Crippen molar-refractivity contribution in [2.45, 2.75) is 51.4 Å². The Balaban J connectivity index is 1.49. The summed E-state index contributed by atoms with van der Waals surface area (Å²) in [6.07, 6.45) is 11.9. The molecular formula is C32H43N3O3. The maximum atomic E-state index is 13.9. The molecule has 1 heterocycles. The molecule has 1 saturated carbocycles. The van der Waals surface area contributed by atoms with Gasteiger partial charge in [0.05, 0.1) is 7.11 Å². The van der Waals surface area contributed by atoms with Gasteiger partial charge in [-0.15, -0.1) is 0 Å². The Labute approximate surface area is 228 Å². The van der Waals surface area contributed by atoms with Crippen molar-refractivity contribution in [3.05, 3.63) is 60.2 Å². The standard InChI is InChI=1S/C32H43N3O3/c1-33(2)28-15-17-29(18-16-28)34-21-8-10-26(20-22-34)24-35(32(37)27-11-5-4-6-12-27)30-13-7-9-25(23-30)14-19-31(36)38-3/h7,9,13-19,23,26-27H,4-6,8,10-12,20-22,24H2,1-3H3/b19-14+. The van der Waals surface area contributed by atoms with E-state index in [4.69, 9.17) is 4.74 Å². The number of methoxy groups -OCH3 is 1. The van der Waals surface area contributed by atoms with Crippen LogP contribution in [0.1, 0.15) is 56.9 Å². The average Bonchev–Trinajstić information content (AvgIpc) is 3.20. The lowest BCUT2D eigenvalue weighted by atomic mass is 9.87. The van der Waals surface area contributed by atoms with Crippen LogP contribution in [0.5, 0.6) is 0 Å². The maximum Gasteiger partial charge on any atom is 0.330 e. The number of benzene rings is 2. The highest BCUT2D eigenvalue weighted by Crippen LogP contribution is 2.31. The number of anilines is 3. The third kappa shape index (κ3) is 7.40. The van der Waals surface area contributed by atoms with Crippen molar-refractivity contribution in [3.63, 3.8) is 0 Å². The van der Waals surface area contributed by atoms with E-state index in [-0.39, 0.29) is 17.8 Å². The van der Waals surface area contributed by atoms with Crippen LogP contribution in [0.15, 0.2) is 54.6 Å². The molecule has 0 bridgehead atoms. The zero-order valence-electron chi connectivity index (χ0n) is 23.3. The normalized spacial score (nSPS) is 18.7.